The second-order valence-electron chi connectivity index (χ2n) is 24.4. The molecule has 3 aromatic rings. The van der Waals surface area contributed by atoms with E-state index < -0.39 is 11.8 Å². The van der Waals surface area contributed by atoms with Crippen molar-refractivity contribution in [2.45, 2.75) is 224 Å². The van der Waals surface area contributed by atoms with E-state index in [-0.39, 0.29) is 40.7 Å². The third kappa shape index (κ3) is 17.0. The molecule has 2 amide bonds. The summed E-state index contributed by atoms with van der Waals surface area (Å²) in [7, 11) is 1.53. The number of benzene rings is 2. The number of unbranched alkanes of at least 4 members (excludes halogenated alkanes) is 4. The standard InChI is InChI=1S/C66H101N11O3/c1-16-24-28-44(20-5)42-76(50(22-7)30-26-18-3)62(78)46-32-36-48(37-33-46)72-74-58-54(65(9,10)11)40-52(56(58)67)60-69-61(71-64(70-60)80-15)53-41-55(66(12,13)14)59(57(53)68)75-73-49-38-34-47(35-39-49)63(79)77(51(23-8)31-27-19-4)43-45(21-6)29-25-17-2/h32-41,44-45,50-53H,16-31,42-43,67-68H2,1-15H3/b74-72+,75-73+. The molecule has 6 unspecified atom stereocenters. The number of rotatable bonds is 31. The SMILES string of the molecule is CCCCC(CC)CN(C(=O)c1ccc(/N=N/C2=C(N)C(c3nc(OC)nc(C4C=C(C(C)(C)C)C(/N=N/c5ccc(C(=O)N(CC(CC)CCCC)C(CC)CCCC)cc5)=C4N)n3)C=C2C(C)(C)C)cc1)C(CC)CCCC. The fourth-order valence-electron chi connectivity index (χ4n) is 11.0. The minimum absolute atomic E-state index is 0.0709. The van der Waals surface area contributed by atoms with Crippen molar-refractivity contribution in [3.05, 3.63) is 117 Å². The molecule has 1 heterocycles. The molecule has 6 atom stereocenters. The van der Waals surface area contributed by atoms with Crippen LogP contribution in [0.2, 0.25) is 0 Å². The van der Waals surface area contributed by atoms with E-state index in [2.05, 4.69) is 119 Å². The first kappa shape index (κ1) is 64.8. The Labute approximate surface area is 482 Å². The van der Waals surface area contributed by atoms with Gasteiger partial charge in [0.2, 0.25) is 0 Å². The van der Waals surface area contributed by atoms with Crippen LogP contribution in [-0.2, 0) is 0 Å². The van der Waals surface area contributed by atoms with E-state index in [1.165, 1.54) is 20.0 Å². The van der Waals surface area contributed by atoms with Gasteiger partial charge in [-0.2, -0.15) is 20.2 Å². The lowest BCUT2D eigenvalue weighted by molar-refractivity contribution is 0.0606. The van der Waals surface area contributed by atoms with Crippen LogP contribution in [0.1, 0.15) is 244 Å². The van der Waals surface area contributed by atoms with Crippen molar-refractivity contribution >= 4 is 23.2 Å². The van der Waals surface area contributed by atoms with Crippen LogP contribution in [0.15, 0.2) is 115 Å². The molecule has 0 bridgehead atoms. The summed E-state index contributed by atoms with van der Waals surface area (Å²) >= 11 is 0. The molecule has 2 aliphatic rings. The molecule has 0 aliphatic heterocycles. The molecule has 2 aliphatic carbocycles. The smallest absolute Gasteiger partial charge is 0.319 e. The average molecular weight is 1100 g/mol. The van der Waals surface area contributed by atoms with Gasteiger partial charge < -0.3 is 26.0 Å². The number of ether oxygens (including phenoxy) is 1. The topological polar surface area (TPSA) is 190 Å². The highest BCUT2D eigenvalue weighted by molar-refractivity contribution is 5.95. The van der Waals surface area contributed by atoms with Gasteiger partial charge in [-0.3, -0.25) is 9.59 Å². The zero-order chi connectivity index (χ0) is 58.7. The number of carbonyl (C=O) groups excluding carboxylic acids is 2. The van der Waals surface area contributed by atoms with Gasteiger partial charge in [0.1, 0.15) is 23.0 Å². The van der Waals surface area contributed by atoms with Crippen LogP contribution in [0.3, 0.4) is 0 Å². The zero-order valence-electron chi connectivity index (χ0n) is 51.9. The predicted octanol–water partition coefficient (Wildman–Crippen LogP) is 17.2. The number of nitrogens with zero attached hydrogens (tertiary/aromatic N) is 9. The van der Waals surface area contributed by atoms with Gasteiger partial charge in [-0.15, -0.1) is 10.2 Å². The second kappa shape index (κ2) is 30.7. The van der Waals surface area contributed by atoms with Crippen molar-refractivity contribution in [2.24, 2.45) is 54.6 Å². The first-order valence-corrected chi connectivity index (χ1v) is 30.6. The minimum Gasteiger partial charge on any atom is -0.467 e. The van der Waals surface area contributed by atoms with E-state index in [4.69, 9.17) is 51.6 Å². The van der Waals surface area contributed by atoms with Crippen molar-refractivity contribution < 1.29 is 14.3 Å². The Kier molecular flexibility index (Phi) is 24.8. The molecule has 5 rings (SSSR count). The number of hydrogen-bond acceptors (Lipinski definition) is 12. The predicted molar refractivity (Wildman–Crippen MR) is 327 cm³/mol. The van der Waals surface area contributed by atoms with Gasteiger partial charge in [0, 0.05) is 36.3 Å². The van der Waals surface area contributed by atoms with Gasteiger partial charge >= 0.3 is 6.01 Å². The highest BCUT2D eigenvalue weighted by atomic mass is 16.5. The average Bonchev–Trinajstić information content (AvgIpc) is 4.02. The zero-order valence-corrected chi connectivity index (χ0v) is 51.9. The first-order chi connectivity index (χ1) is 38.2. The Hall–Kier alpha value is -6.05. The summed E-state index contributed by atoms with van der Waals surface area (Å²) in [6.07, 6.45) is 21.4. The summed E-state index contributed by atoms with van der Waals surface area (Å²) in [5, 5.41) is 19.0. The van der Waals surface area contributed by atoms with Crippen LogP contribution < -0.4 is 16.2 Å². The van der Waals surface area contributed by atoms with E-state index in [1.807, 2.05) is 48.5 Å². The molecule has 4 N–H and O–H groups in total. The van der Waals surface area contributed by atoms with Crippen LogP contribution in [-0.4, -0.2) is 68.8 Å². The normalized spacial score (nSPS) is 17.5. The van der Waals surface area contributed by atoms with Crippen LogP contribution in [0.5, 0.6) is 6.01 Å². The molecule has 0 fully saturated rings. The number of allylic oxidation sites excluding steroid dienone is 4. The van der Waals surface area contributed by atoms with Crippen molar-refractivity contribution in [1.82, 2.24) is 24.8 Å². The maximum atomic E-state index is 14.3. The summed E-state index contributed by atoms with van der Waals surface area (Å²) < 4.78 is 5.72. The number of nitrogens with two attached hydrogens (primary N) is 2. The van der Waals surface area contributed by atoms with E-state index >= 15 is 0 Å². The summed E-state index contributed by atoms with van der Waals surface area (Å²) in [6, 6.07) is 15.4. The van der Waals surface area contributed by atoms with Crippen molar-refractivity contribution in [1.29, 1.82) is 0 Å². The fraction of sp³-hybridized carbons (Fsp3) is 0.621. The lowest BCUT2D eigenvalue weighted by atomic mass is 9.85. The number of hydrogen-bond donors (Lipinski definition) is 2. The monoisotopic (exact) mass is 1100 g/mol. The fourth-order valence-corrected chi connectivity index (χ4v) is 11.0. The Balaban J connectivity index is 1.44. The Morgan fingerprint density at radius 3 is 1.18 bits per heavy atom. The molecule has 80 heavy (non-hydrogen) atoms. The van der Waals surface area contributed by atoms with E-state index in [0.29, 0.717) is 68.8 Å². The van der Waals surface area contributed by atoms with Gasteiger partial charge in [0.25, 0.3) is 11.8 Å². The molecule has 14 heteroatoms. The van der Waals surface area contributed by atoms with Crippen LogP contribution in [0.25, 0.3) is 0 Å². The van der Waals surface area contributed by atoms with E-state index in [0.717, 1.165) is 114 Å². The number of methoxy groups -OCH3 is 1. The lowest BCUT2D eigenvalue weighted by Gasteiger charge is -2.34. The molecule has 1 aromatic heterocycles. The van der Waals surface area contributed by atoms with Crippen molar-refractivity contribution in [3.8, 4) is 6.01 Å². The summed E-state index contributed by atoms with van der Waals surface area (Å²) in [4.78, 5) is 47.5. The van der Waals surface area contributed by atoms with E-state index in [9.17, 15) is 9.59 Å². The van der Waals surface area contributed by atoms with Crippen LogP contribution in [0, 0.1) is 22.7 Å². The Morgan fingerprint density at radius 2 is 0.875 bits per heavy atom. The van der Waals surface area contributed by atoms with E-state index in [1.54, 1.807) is 0 Å². The number of azo groups is 2. The summed E-state index contributed by atoms with van der Waals surface area (Å²) in [6.45, 7) is 32.0. The number of carbonyl (C=O) groups is 2. The first-order valence-electron chi connectivity index (χ1n) is 30.6. The van der Waals surface area contributed by atoms with Crippen molar-refractivity contribution in [2.75, 3.05) is 20.2 Å². The Bertz CT molecular complexity index is 2490. The maximum Gasteiger partial charge on any atom is 0.319 e. The summed E-state index contributed by atoms with van der Waals surface area (Å²) in [5.41, 5.74) is 19.7. The highest BCUT2D eigenvalue weighted by Crippen LogP contribution is 2.46. The second-order valence-corrected chi connectivity index (χ2v) is 24.4. The molecule has 0 saturated heterocycles. The van der Waals surface area contributed by atoms with Gasteiger partial charge in [0.05, 0.1) is 41.7 Å². The van der Waals surface area contributed by atoms with Crippen molar-refractivity contribution in [3.63, 3.8) is 0 Å². The van der Waals surface area contributed by atoms with Crippen LogP contribution >= 0.6 is 0 Å². The van der Waals surface area contributed by atoms with Gasteiger partial charge in [-0.1, -0.05) is 173 Å². The third-order valence-corrected chi connectivity index (χ3v) is 16.3. The summed E-state index contributed by atoms with van der Waals surface area (Å²) in [5.74, 6) is 0.718. The molecule has 0 saturated carbocycles. The molecule has 0 radical (unpaired) electrons. The lowest BCUT2D eigenvalue weighted by Crippen LogP contribution is -2.43. The maximum absolute atomic E-state index is 14.3. The molecule has 2 aromatic carbocycles. The van der Waals surface area contributed by atoms with Gasteiger partial charge in [-0.05, 0) is 121 Å². The minimum atomic E-state index is -0.569. The molecular weight excluding hydrogens is 995 g/mol. The molecule has 14 nitrogen and oxygen atoms in total. The molecule has 438 valence electrons. The number of aromatic nitrogens is 3. The number of amides is 2. The van der Waals surface area contributed by atoms with Crippen LogP contribution in [0.4, 0.5) is 11.4 Å². The largest absolute Gasteiger partial charge is 0.467 e. The molecular formula is C66H101N11O3. The molecule has 0 spiro atoms. The Morgan fingerprint density at radius 1 is 0.525 bits per heavy atom. The third-order valence-electron chi connectivity index (χ3n) is 16.3. The highest BCUT2D eigenvalue weighted by Gasteiger charge is 2.38. The quantitative estimate of drug-likeness (QED) is 0.0595. The van der Waals surface area contributed by atoms with Gasteiger partial charge in [0.15, 0.2) is 0 Å². The van der Waals surface area contributed by atoms with Gasteiger partial charge in [-0.25, -0.2) is 4.98 Å².